The summed E-state index contributed by atoms with van der Waals surface area (Å²) in [5, 5.41) is 3.33. The fraction of sp³-hybridized carbons (Fsp3) is 0.533. The van der Waals surface area contributed by atoms with E-state index in [2.05, 4.69) is 18.3 Å². The zero-order valence-corrected chi connectivity index (χ0v) is 11.5. The van der Waals surface area contributed by atoms with Gasteiger partial charge in [0.05, 0.1) is 0 Å². The van der Waals surface area contributed by atoms with Crippen molar-refractivity contribution in [2.24, 2.45) is 0 Å². The Morgan fingerprint density at radius 2 is 1.94 bits per heavy atom. The number of aryl methyl sites for hydroxylation is 1. The maximum atomic E-state index is 12.5. The first-order chi connectivity index (χ1) is 8.61. The van der Waals surface area contributed by atoms with Gasteiger partial charge in [0.1, 0.15) is 0 Å². The molecule has 1 aromatic carbocycles. The van der Waals surface area contributed by atoms with Crippen LogP contribution in [0, 0.1) is 13.8 Å². The van der Waals surface area contributed by atoms with Crippen LogP contribution in [0.2, 0.25) is 0 Å². The number of nitrogens with zero attached hydrogens (tertiary/aromatic N) is 1. The molecular formula is C15H22N2O. The Morgan fingerprint density at radius 1 is 1.28 bits per heavy atom. The fourth-order valence-electron chi connectivity index (χ4n) is 2.53. The number of piperidine rings is 1. The number of carbonyl (C=O) groups is 1. The summed E-state index contributed by atoms with van der Waals surface area (Å²) in [5.74, 6) is 0.156. The molecule has 98 valence electrons. The fourth-order valence-corrected chi connectivity index (χ4v) is 2.53. The molecule has 18 heavy (non-hydrogen) atoms. The van der Waals surface area contributed by atoms with E-state index in [0.29, 0.717) is 6.04 Å². The van der Waals surface area contributed by atoms with Crippen molar-refractivity contribution in [2.75, 3.05) is 20.1 Å². The highest BCUT2D eigenvalue weighted by molar-refractivity contribution is 5.96. The molecule has 1 fully saturated rings. The molecule has 0 spiro atoms. The molecule has 1 heterocycles. The van der Waals surface area contributed by atoms with Crippen molar-refractivity contribution in [3.8, 4) is 0 Å². The highest BCUT2D eigenvalue weighted by Gasteiger charge is 2.23. The monoisotopic (exact) mass is 246 g/mol. The SMILES string of the molecule is Cc1cccc(C(=O)N(C)C2CCNCC2)c1C. The summed E-state index contributed by atoms with van der Waals surface area (Å²) in [6.45, 7) is 6.10. The van der Waals surface area contributed by atoms with E-state index in [1.165, 1.54) is 5.56 Å². The van der Waals surface area contributed by atoms with Gasteiger partial charge >= 0.3 is 0 Å². The van der Waals surface area contributed by atoms with Gasteiger partial charge < -0.3 is 10.2 Å². The van der Waals surface area contributed by atoms with E-state index in [-0.39, 0.29) is 5.91 Å². The Labute approximate surface area is 109 Å². The molecule has 1 amide bonds. The van der Waals surface area contributed by atoms with Crippen molar-refractivity contribution in [3.63, 3.8) is 0 Å². The lowest BCUT2D eigenvalue weighted by Crippen LogP contribution is -2.44. The maximum Gasteiger partial charge on any atom is 0.254 e. The number of rotatable bonds is 2. The lowest BCUT2D eigenvalue weighted by Gasteiger charge is -2.32. The minimum atomic E-state index is 0.156. The molecule has 0 aromatic heterocycles. The predicted molar refractivity (Wildman–Crippen MR) is 73.9 cm³/mol. The summed E-state index contributed by atoms with van der Waals surface area (Å²) in [6, 6.07) is 6.32. The average Bonchev–Trinajstić information content (AvgIpc) is 2.41. The summed E-state index contributed by atoms with van der Waals surface area (Å²) in [6.07, 6.45) is 2.10. The summed E-state index contributed by atoms with van der Waals surface area (Å²) in [7, 11) is 1.93. The van der Waals surface area contributed by atoms with E-state index in [9.17, 15) is 4.79 Å². The van der Waals surface area contributed by atoms with Crippen molar-refractivity contribution in [3.05, 3.63) is 34.9 Å². The first-order valence-electron chi connectivity index (χ1n) is 6.65. The van der Waals surface area contributed by atoms with Gasteiger partial charge in [-0.1, -0.05) is 12.1 Å². The summed E-state index contributed by atoms with van der Waals surface area (Å²) in [5.41, 5.74) is 3.12. The van der Waals surface area contributed by atoms with Crippen molar-refractivity contribution in [2.45, 2.75) is 32.7 Å². The van der Waals surface area contributed by atoms with Gasteiger partial charge in [-0.3, -0.25) is 4.79 Å². The summed E-state index contributed by atoms with van der Waals surface area (Å²) in [4.78, 5) is 14.4. The Kier molecular flexibility index (Phi) is 4.02. The van der Waals surface area contributed by atoms with Gasteiger partial charge in [-0.2, -0.15) is 0 Å². The van der Waals surface area contributed by atoms with E-state index in [4.69, 9.17) is 0 Å². The lowest BCUT2D eigenvalue weighted by atomic mass is 10.00. The number of hydrogen-bond acceptors (Lipinski definition) is 2. The van der Waals surface area contributed by atoms with Gasteiger partial charge in [0.25, 0.3) is 5.91 Å². The molecule has 1 aliphatic heterocycles. The molecule has 0 aliphatic carbocycles. The molecule has 0 unspecified atom stereocenters. The number of benzene rings is 1. The van der Waals surface area contributed by atoms with Crippen LogP contribution in [-0.4, -0.2) is 37.0 Å². The van der Waals surface area contributed by atoms with Crippen LogP contribution in [0.4, 0.5) is 0 Å². The largest absolute Gasteiger partial charge is 0.339 e. The molecule has 0 radical (unpaired) electrons. The van der Waals surface area contributed by atoms with Gasteiger partial charge in [-0.05, 0) is 57.0 Å². The van der Waals surface area contributed by atoms with Crippen molar-refractivity contribution in [1.82, 2.24) is 10.2 Å². The van der Waals surface area contributed by atoms with Crippen LogP contribution >= 0.6 is 0 Å². The molecule has 1 aliphatic rings. The zero-order chi connectivity index (χ0) is 13.1. The van der Waals surface area contributed by atoms with Crippen LogP contribution in [-0.2, 0) is 0 Å². The molecule has 2 rings (SSSR count). The summed E-state index contributed by atoms with van der Waals surface area (Å²) >= 11 is 0. The van der Waals surface area contributed by atoms with Crippen LogP contribution in [0.25, 0.3) is 0 Å². The number of amides is 1. The first-order valence-corrected chi connectivity index (χ1v) is 6.65. The van der Waals surface area contributed by atoms with Crippen LogP contribution in [0.5, 0.6) is 0 Å². The summed E-state index contributed by atoms with van der Waals surface area (Å²) < 4.78 is 0. The van der Waals surface area contributed by atoms with Gasteiger partial charge in [-0.15, -0.1) is 0 Å². The number of hydrogen-bond donors (Lipinski definition) is 1. The van der Waals surface area contributed by atoms with Crippen LogP contribution < -0.4 is 5.32 Å². The third kappa shape index (κ3) is 2.56. The smallest absolute Gasteiger partial charge is 0.254 e. The standard InChI is InChI=1S/C15H22N2O/c1-11-5-4-6-14(12(11)2)15(18)17(3)13-7-9-16-10-8-13/h4-6,13,16H,7-10H2,1-3H3. The van der Waals surface area contributed by atoms with Gasteiger partial charge in [0, 0.05) is 18.7 Å². The lowest BCUT2D eigenvalue weighted by molar-refractivity contribution is 0.0702. The van der Waals surface area contributed by atoms with E-state index in [1.54, 1.807) is 0 Å². The van der Waals surface area contributed by atoms with Crippen LogP contribution in [0.1, 0.15) is 34.3 Å². The Bertz CT molecular complexity index is 436. The Morgan fingerprint density at radius 3 is 2.61 bits per heavy atom. The Hall–Kier alpha value is -1.35. The topological polar surface area (TPSA) is 32.3 Å². The van der Waals surface area contributed by atoms with E-state index >= 15 is 0 Å². The molecule has 1 N–H and O–H groups in total. The van der Waals surface area contributed by atoms with Crippen molar-refractivity contribution in [1.29, 1.82) is 0 Å². The zero-order valence-electron chi connectivity index (χ0n) is 11.5. The number of nitrogens with one attached hydrogen (secondary N) is 1. The Balaban J connectivity index is 2.17. The molecule has 0 atom stereocenters. The van der Waals surface area contributed by atoms with E-state index < -0.39 is 0 Å². The second-order valence-electron chi connectivity index (χ2n) is 5.14. The minimum Gasteiger partial charge on any atom is -0.339 e. The molecule has 1 saturated heterocycles. The van der Waals surface area contributed by atoms with E-state index in [1.807, 2.05) is 31.0 Å². The van der Waals surface area contributed by atoms with Gasteiger partial charge in [-0.25, -0.2) is 0 Å². The van der Waals surface area contributed by atoms with Crippen molar-refractivity contribution < 1.29 is 4.79 Å². The van der Waals surface area contributed by atoms with Gasteiger partial charge in [0.2, 0.25) is 0 Å². The molecule has 3 heteroatoms. The van der Waals surface area contributed by atoms with E-state index in [0.717, 1.165) is 37.1 Å². The molecule has 3 nitrogen and oxygen atoms in total. The molecule has 1 aromatic rings. The van der Waals surface area contributed by atoms with Gasteiger partial charge in [0.15, 0.2) is 0 Å². The first kappa shape index (κ1) is 13.1. The number of carbonyl (C=O) groups excluding carboxylic acids is 1. The van der Waals surface area contributed by atoms with Crippen molar-refractivity contribution >= 4 is 5.91 Å². The quantitative estimate of drug-likeness (QED) is 0.867. The predicted octanol–water partition coefficient (Wildman–Crippen LogP) is 2.13. The van der Waals surface area contributed by atoms with Crippen LogP contribution in [0.3, 0.4) is 0 Å². The molecule has 0 bridgehead atoms. The highest BCUT2D eigenvalue weighted by atomic mass is 16.2. The third-order valence-electron chi connectivity index (χ3n) is 4.01. The molecule has 0 saturated carbocycles. The second-order valence-corrected chi connectivity index (χ2v) is 5.14. The second kappa shape index (κ2) is 5.53. The van der Waals surface area contributed by atoms with Crippen LogP contribution in [0.15, 0.2) is 18.2 Å². The average molecular weight is 246 g/mol. The highest BCUT2D eigenvalue weighted by Crippen LogP contribution is 2.18. The maximum absolute atomic E-state index is 12.5. The molecular weight excluding hydrogens is 224 g/mol. The third-order valence-corrected chi connectivity index (χ3v) is 4.01. The minimum absolute atomic E-state index is 0.156. The normalized spacial score (nSPS) is 16.6.